The van der Waals surface area contributed by atoms with Crippen LogP contribution in [-0.4, -0.2) is 96.7 Å². The van der Waals surface area contributed by atoms with Crippen molar-refractivity contribution in [3.05, 3.63) is 0 Å². The second-order valence-electron chi connectivity index (χ2n) is 24.8. The fourth-order valence-corrected chi connectivity index (χ4v) is 11.5. The van der Waals surface area contributed by atoms with Crippen LogP contribution < -0.4 is 0 Å². The van der Waals surface area contributed by atoms with Crippen molar-refractivity contribution in [2.45, 2.75) is 349 Å². The quantitative estimate of drug-likeness (QED) is 0.0222. The number of unbranched alkanes of at least 4 members (excludes halogenated alkanes) is 35. The maximum Gasteiger partial charge on any atom is 0.472 e. The van der Waals surface area contributed by atoms with Crippen LogP contribution in [-0.2, 0) is 65.4 Å². The van der Waals surface area contributed by atoms with Crippen LogP contribution in [0, 0.1) is 11.8 Å². The predicted octanol–water partition coefficient (Wildman–Crippen LogP) is 18.4. The van der Waals surface area contributed by atoms with E-state index in [1.807, 2.05) is 0 Å². The number of rotatable bonds is 65. The highest BCUT2D eigenvalue weighted by molar-refractivity contribution is 7.47. The standard InChI is InChI=1S/C66H128O17P2/c1-7-9-11-13-15-23-30-36-42-48-63(68)76-54-61(82-65(70)50-44-38-31-24-16-14-12-10-8-2)56-80-84(72,73)78-52-60(67)53-79-85(74,75)81-57-62(55-77-64(69)49-43-37-33-27-29-35-41-47-59(5)6)83-66(71)51-45-39-32-26-22-20-18-17-19-21-25-28-34-40-46-58(3)4/h58-62,67H,7-57H2,1-6H3,(H,72,73)(H,74,75)/t60-,61+,62+/m0/s1. The number of aliphatic hydroxyl groups excluding tert-OH is 1. The lowest BCUT2D eigenvalue weighted by molar-refractivity contribution is -0.161. The smallest absolute Gasteiger partial charge is 0.462 e. The van der Waals surface area contributed by atoms with E-state index in [2.05, 4.69) is 41.5 Å². The molecular formula is C66H128O17P2. The fourth-order valence-electron chi connectivity index (χ4n) is 9.88. The summed E-state index contributed by atoms with van der Waals surface area (Å²) in [4.78, 5) is 72.2. The first-order valence-corrected chi connectivity index (χ1v) is 37.5. The van der Waals surface area contributed by atoms with Gasteiger partial charge in [-0.3, -0.25) is 37.3 Å². The van der Waals surface area contributed by atoms with Crippen molar-refractivity contribution in [2.75, 3.05) is 39.6 Å². The largest absolute Gasteiger partial charge is 0.472 e. The normalized spacial score (nSPS) is 14.2. The zero-order valence-electron chi connectivity index (χ0n) is 54.9. The Kier molecular flexibility index (Phi) is 57.1. The third kappa shape index (κ3) is 60.7. The molecule has 0 aromatic heterocycles. The lowest BCUT2D eigenvalue weighted by Crippen LogP contribution is -2.30. The van der Waals surface area contributed by atoms with Gasteiger partial charge in [-0.2, -0.15) is 0 Å². The SMILES string of the molecule is CCCCCCCCCCCC(=O)OC[C@H](COP(=O)(O)OC[C@H](O)COP(=O)(O)OC[C@@H](COC(=O)CCCCCCCCCC(C)C)OC(=O)CCCCCCCCCCCCCCCCC(C)C)OC(=O)CCCCCCCCCCC. The molecule has 17 nitrogen and oxygen atoms in total. The molecule has 0 aromatic rings. The summed E-state index contributed by atoms with van der Waals surface area (Å²) in [5.74, 6) is -0.633. The Labute approximate surface area is 517 Å². The molecule has 504 valence electrons. The number of hydrogen-bond acceptors (Lipinski definition) is 15. The molecule has 3 N–H and O–H groups in total. The number of carbonyl (C=O) groups is 4. The zero-order valence-corrected chi connectivity index (χ0v) is 56.7. The van der Waals surface area contributed by atoms with Crippen LogP contribution in [0.3, 0.4) is 0 Å². The summed E-state index contributed by atoms with van der Waals surface area (Å²) in [6.45, 7) is 9.45. The highest BCUT2D eigenvalue weighted by atomic mass is 31.2. The van der Waals surface area contributed by atoms with Crippen LogP contribution in [0.2, 0.25) is 0 Å². The van der Waals surface area contributed by atoms with E-state index in [9.17, 15) is 43.2 Å². The van der Waals surface area contributed by atoms with Crippen molar-refractivity contribution in [2.24, 2.45) is 11.8 Å². The van der Waals surface area contributed by atoms with Gasteiger partial charge >= 0.3 is 39.5 Å². The number of aliphatic hydroxyl groups is 1. The molecular weight excluding hydrogens is 1130 g/mol. The van der Waals surface area contributed by atoms with E-state index in [1.165, 1.54) is 141 Å². The van der Waals surface area contributed by atoms with E-state index in [1.54, 1.807) is 0 Å². The van der Waals surface area contributed by atoms with Crippen LogP contribution in [0.25, 0.3) is 0 Å². The van der Waals surface area contributed by atoms with E-state index in [4.69, 9.17) is 37.0 Å². The molecule has 85 heavy (non-hydrogen) atoms. The topological polar surface area (TPSA) is 237 Å². The van der Waals surface area contributed by atoms with Gasteiger partial charge in [-0.25, -0.2) is 9.13 Å². The Morgan fingerprint density at radius 2 is 0.541 bits per heavy atom. The van der Waals surface area contributed by atoms with Gasteiger partial charge < -0.3 is 33.8 Å². The first-order valence-electron chi connectivity index (χ1n) is 34.5. The van der Waals surface area contributed by atoms with E-state index in [0.29, 0.717) is 31.6 Å². The highest BCUT2D eigenvalue weighted by Crippen LogP contribution is 2.45. The molecule has 0 aliphatic heterocycles. The summed E-state index contributed by atoms with van der Waals surface area (Å²) in [7, 11) is -9.89. The highest BCUT2D eigenvalue weighted by Gasteiger charge is 2.30. The number of carbonyl (C=O) groups excluding carboxylic acids is 4. The Morgan fingerprint density at radius 1 is 0.318 bits per heavy atom. The predicted molar refractivity (Wildman–Crippen MR) is 340 cm³/mol. The van der Waals surface area contributed by atoms with Crippen LogP contribution in [0.15, 0.2) is 0 Å². The number of phosphoric ester groups is 2. The van der Waals surface area contributed by atoms with Gasteiger partial charge in [-0.15, -0.1) is 0 Å². The fraction of sp³-hybridized carbons (Fsp3) is 0.939. The first kappa shape index (κ1) is 83.1. The van der Waals surface area contributed by atoms with Gasteiger partial charge in [0.25, 0.3) is 0 Å². The van der Waals surface area contributed by atoms with Gasteiger partial charge in [0.1, 0.15) is 19.3 Å². The second-order valence-corrected chi connectivity index (χ2v) is 27.7. The molecule has 0 aliphatic carbocycles. The molecule has 19 heteroatoms. The maximum absolute atomic E-state index is 13.0. The van der Waals surface area contributed by atoms with Crippen LogP contribution in [0.4, 0.5) is 0 Å². The molecule has 5 atom stereocenters. The Hall–Kier alpha value is -1.94. The summed E-state index contributed by atoms with van der Waals surface area (Å²) in [5, 5.41) is 10.5. The van der Waals surface area contributed by atoms with Gasteiger partial charge in [0.2, 0.25) is 0 Å². The van der Waals surface area contributed by atoms with Gasteiger partial charge in [-0.1, -0.05) is 279 Å². The molecule has 0 bridgehead atoms. The van der Waals surface area contributed by atoms with Gasteiger partial charge in [0.05, 0.1) is 26.4 Å². The molecule has 0 heterocycles. The van der Waals surface area contributed by atoms with E-state index in [0.717, 1.165) is 102 Å². The summed E-state index contributed by atoms with van der Waals surface area (Å²) in [6.07, 6.45) is 41.8. The average molecular weight is 1260 g/mol. The van der Waals surface area contributed by atoms with Gasteiger partial charge in [0, 0.05) is 25.7 Å². The number of hydrogen-bond donors (Lipinski definition) is 3. The molecule has 0 rings (SSSR count). The zero-order chi connectivity index (χ0) is 62.9. The molecule has 0 saturated heterocycles. The summed E-state index contributed by atoms with van der Waals surface area (Å²) < 4.78 is 68.0. The van der Waals surface area contributed by atoms with E-state index < -0.39 is 97.5 Å². The average Bonchev–Trinajstić information content (AvgIpc) is 3.47. The van der Waals surface area contributed by atoms with Crippen molar-refractivity contribution in [3.63, 3.8) is 0 Å². The number of esters is 4. The van der Waals surface area contributed by atoms with Crippen molar-refractivity contribution < 1.29 is 80.2 Å². The molecule has 0 aliphatic rings. The third-order valence-electron chi connectivity index (χ3n) is 15.2. The van der Waals surface area contributed by atoms with Crippen molar-refractivity contribution in [1.82, 2.24) is 0 Å². The van der Waals surface area contributed by atoms with Crippen molar-refractivity contribution in [1.29, 1.82) is 0 Å². The van der Waals surface area contributed by atoms with Crippen LogP contribution >= 0.6 is 15.6 Å². The summed E-state index contributed by atoms with van der Waals surface area (Å²) in [6, 6.07) is 0. The van der Waals surface area contributed by atoms with E-state index in [-0.39, 0.29) is 25.7 Å². The lowest BCUT2D eigenvalue weighted by atomic mass is 10.0. The molecule has 0 amide bonds. The van der Waals surface area contributed by atoms with Crippen LogP contribution in [0.1, 0.15) is 330 Å². The Morgan fingerprint density at radius 3 is 0.800 bits per heavy atom. The van der Waals surface area contributed by atoms with Gasteiger partial charge in [-0.05, 0) is 37.5 Å². The Bertz CT molecular complexity index is 1670. The maximum atomic E-state index is 13.0. The van der Waals surface area contributed by atoms with Crippen molar-refractivity contribution >= 4 is 39.5 Å². The van der Waals surface area contributed by atoms with Crippen molar-refractivity contribution in [3.8, 4) is 0 Å². The number of ether oxygens (including phenoxy) is 4. The lowest BCUT2D eigenvalue weighted by Gasteiger charge is -2.21. The molecule has 0 fully saturated rings. The summed E-state index contributed by atoms with van der Waals surface area (Å²) >= 11 is 0. The number of phosphoric acid groups is 2. The molecule has 0 spiro atoms. The minimum absolute atomic E-state index is 0.105. The second kappa shape index (κ2) is 58.4. The van der Waals surface area contributed by atoms with Crippen LogP contribution in [0.5, 0.6) is 0 Å². The third-order valence-corrected chi connectivity index (χ3v) is 17.1. The molecule has 0 radical (unpaired) electrons. The van der Waals surface area contributed by atoms with E-state index >= 15 is 0 Å². The minimum atomic E-state index is -4.95. The minimum Gasteiger partial charge on any atom is -0.462 e. The Balaban J connectivity index is 5.19. The van der Waals surface area contributed by atoms with Gasteiger partial charge in [0.15, 0.2) is 12.2 Å². The first-order chi connectivity index (χ1) is 40.9. The molecule has 0 saturated carbocycles. The molecule has 0 aromatic carbocycles. The monoisotopic (exact) mass is 1250 g/mol. The summed E-state index contributed by atoms with van der Waals surface area (Å²) in [5.41, 5.74) is 0. The molecule has 2 unspecified atom stereocenters.